The van der Waals surface area contributed by atoms with Crippen molar-refractivity contribution in [3.63, 3.8) is 0 Å². The van der Waals surface area contributed by atoms with Crippen LogP contribution in [0.5, 0.6) is 0 Å². The number of benzene rings is 1. The number of halogens is 1. The maximum atomic E-state index is 12.5. The number of H-pyrrole nitrogens is 1. The van der Waals surface area contributed by atoms with E-state index in [-0.39, 0.29) is 5.91 Å². The molecule has 0 bridgehead atoms. The Kier molecular flexibility index (Phi) is 4.21. The molecule has 0 radical (unpaired) electrons. The van der Waals surface area contributed by atoms with Gasteiger partial charge in [0.05, 0.1) is 0 Å². The monoisotopic (exact) mass is 329 g/mol. The predicted octanol–water partition coefficient (Wildman–Crippen LogP) is 3.90. The van der Waals surface area contributed by atoms with E-state index in [9.17, 15) is 4.79 Å². The summed E-state index contributed by atoms with van der Waals surface area (Å²) in [6.45, 7) is 2.33. The van der Waals surface area contributed by atoms with Gasteiger partial charge < -0.3 is 9.32 Å². The average Bonchev–Trinajstić information content (AvgIpc) is 3.15. The van der Waals surface area contributed by atoms with E-state index in [2.05, 4.69) is 10.2 Å². The third-order valence-electron chi connectivity index (χ3n) is 3.46. The summed E-state index contributed by atoms with van der Waals surface area (Å²) >= 11 is 5.97. The van der Waals surface area contributed by atoms with Crippen molar-refractivity contribution in [1.82, 2.24) is 15.1 Å². The lowest BCUT2D eigenvalue weighted by atomic mass is 10.2. The van der Waals surface area contributed by atoms with Crippen LogP contribution < -0.4 is 0 Å². The minimum absolute atomic E-state index is 0.171. The molecule has 0 saturated carbocycles. The summed E-state index contributed by atoms with van der Waals surface area (Å²) in [6, 6.07) is 12.8. The van der Waals surface area contributed by atoms with E-state index in [0.717, 1.165) is 11.3 Å². The van der Waals surface area contributed by atoms with Crippen LogP contribution in [0.2, 0.25) is 5.02 Å². The second-order valence-corrected chi connectivity index (χ2v) is 5.80. The molecule has 0 saturated heterocycles. The summed E-state index contributed by atoms with van der Waals surface area (Å²) in [7, 11) is 1.73. The molecule has 2 heterocycles. The van der Waals surface area contributed by atoms with E-state index in [1.165, 1.54) is 0 Å². The van der Waals surface area contributed by atoms with Gasteiger partial charge in [0, 0.05) is 24.7 Å². The summed E-state index contributed by atoms with van der Waals surface area (Å²) in [6.07, 6.45) is 0. The molecule has 0 fully saturated rings. The molecule has 2 aromatic heterocycles. The highest BCUT2D eigenvalue weighted by Crippen LogP contribution is 2.21. The van der Waals surface area contributed by atoms with Crippen LogP contribution in [0.4, 0.5) is 0 Å². The molecule has 1 N–H and O–H groups in total. The van der Waals surface area contributed by atoms with E-state index in [1.54, 1.807) is 24.1 Å². The zero-order chi connectivity index (χ0) is 16.4. The van der Waals surface area contributed by atoms with Gasteiger partial charge in [-0.3, -0.25) is 9.89 Å². The zero-order valence-electron chi connectivity index (χ0n) is 12.8. The fourth-order valence-corrected chi connectivity index (χ4v) is 2.53. The van der Waals surface area contributed by atoms with Crippen molar-refractivity contribution in [2.75, 3.05) is 7.05 Å². The van der Waals surface area contributed by atoms with E-state index in [0.29, 0.717) is 28.7 Å². The number of nitrogens with zero attached hydrogens (tertiary/aromatic N) is 2. The van der Waals surface area contributed by atoms with Gasteiger partial charge in [-0.15, -0.1) is 0 Å². The Balaban J connectivity index is 1.74. The summed E-state index contributed by atoms with van der Waals surface area (Å²) in [5, 5.41) is 7.56. The first-order chi connectivity index (χ1) is 11.0. The first-order valence-corrected chi connectivity index (χ1v) is 7.53. The molecular weight excluding hydrogens is 314 g/mol. The number of hydrogen-bond acceptors (Lipinski definition) is 3. The Labute approximate surface area is 138 Å². The molecule has 0 unspecified atom stereocenters. The topological polar surface area (TPSA) is 62.1 Å². The number of nitrogens with one attached hydrogen (secondary N) is 1. The van der Waals surface area contributed by atoms with Crippen molar-refractivity contribution in [2.24, 2.45) is 0 Å². The number of rotatable bonds is 4. The molecule has 23 heavy (non-hydrogen) atoms. The molecule has 3 aromatic rings. The molecule has 0 aliphatic rings. The molecule has 118 valence electrons. The molecule has 6 heteroatoms. The maximum Gasteiger partial charge on any atom is 0.274 e. The number of aryl methyl sites for hydroxylation is 1. The van der Waals surface area contributed by atoms with Gasteiger partial charge >= 0.3 is 0 Å². The molecule has 3 rings (SSSR count). The van der Waals surface area contributed by atoms with Gasteiger partial charge in [-0.05, 0) is 36.8 Å². The van der Waals surface area contributed by atoms with Crippen LogP contribution in [0.15, 0.2) is 46.9 Å². The highest BCUT2D eigenvalue weighted by atomic mass is 35.5. The molecule has 1 amide bonds. The zero-order valence-corrected chi connectivity index (χ0v) is 13.6. The lowest BCUT2D eigenvalue weighted by molar-refractivity contribution is 0.0779. The quantitative estimate of drug-likeness (QED) is 0.789. The smallest absolute Gasteiger partial charge is 0.274 e. The molecule has 5 nitrogen and oxygen atoms in total. The van der Waals surface area contributed by atoms with Gasteiger partial charge in [0.25, 0.3) is 5.91 Å². The molecule has 0 aliphatic carbocycles. The van der Waals surface area contributed by atoms with Crippen LogP contribution in [-0.2, 0) is 6.54 Å². The standard InChI is InChI=1S/C17H16ClN3O2/c1-11-6-7-16(23-11)14-9-15(20-19-14)17(22)21(2)10-12-4-3-5-13(18)8-12/h3-9H,10H2,1-2H3,(H,19,20). The number of furan rings is 1. The summed E-state index contributed by atoms with van der Waals surface area (Å²) in [4.78, 5) is 14.1. The lowest BCUT2D eigenvalue weighted by Crippen LogP contribution is -2.26. The number of hydrogen-bond donors (Lipinski definition) is 1. The Bertz CT molecular complexity index is 838. The number of amides is 1. The second kappa shape index (κ2) is 6.30. The van der Waals surface area contributed by atoms with Gasteiger partial charge in [0.1, 0.15) is 11.5 Å². The third kappa shape index (κ3) is 3.46. The number of aromatic nitrogens is 2. The predicted molar refractivity (Wildman–Crippen MR) is 88.3 cm³/mol. The normalized spacial score (nSPS) is 10.7. The van der Waals surface area contributed by atoms with Gasteiger partial charge in [0.15, 0.2) is 11.5 Å². The van der Waals surface area contributed by atoms with E-state index in [1.807, 2.05) is 37.3 Å². The van der Waals surface area contributed by atoms with E-state index < -0.39 is 0 Å². The third-order valence-corrected chi connectivity index (χ3v) is 3.69. The SMILES string of the molecule is Cc1ccc(-c2cc(C(=O)N(C)Cc3cccc(Cl)c3)n[nH]2)o1. The largest absolute Gasteiger partial charge is 0.460 e. The number of carbonyl (C=O) groups is 1. The van der Waals surface area contributed by atoms with Crippen LogP contribution >= 0.6 is 11.6 Å². The lowest BCUT2D eigenvalue weighted by Gasteiger charge is -2.15. The van der Waals surface area contributed by atoms with Crippen LogP contribution in [0.1, 0.15) is 21.8 Å². The van der Waals surface area contributed by atoms with E-state index in [4.69, 9.17) is 16.0 Å². The summed E-state index contributed by atoms with van der Waals surface area (Å²) in [5.41, 5.74) is 1.99. The van der Waals surface area contributed by atoms with Crippen LogP contribution in [0.3, 0.4) is 0 Å². The first-order valence-electron chi connectivity index (χ1n) is 7.15. The van der Waals surface area contributed by atoms with Gasteiger partial charge in [-0.1, -0.05) is 23.7 Å². The highest BCUT2D eigenvalue weighted by molar-refractivity contribution is 6.30. The molecular formula is C17H16ClN3O2. The Morgan fingerprint density at radius 2 is 2.13 bits per heavy atom. The van der Waals surface area contributed by atoms with Gasteiger partial charge in [0.2, 0.25) is 0 Å². The fraction of sp³-hybridized carbons (Fsp3) is 0.176. The van der Waals surface area contributed by atoms with Gasteiger partial charge in [-0.25, -0.2) is 0 Å². The molecule has 1 aromatic carbocycles. The first kappa shape index (κ1) is 15.4. The minimum atomic E-state index is -0.171. The van der Waals surface area contributed by atoms with E-state index >= 15 is 0 Å². The average molecular weight is 330 g/mol. The van der Waals surface area contributed by atoms with Crippen molar-refractivity contribution in [3.05, 3.63) is 64.5 Å². The molecule has 0 aliphatic heterocycles. The Morgan fingerprint density at radius 1 is 1.30 bits per heavy atom. The minimum Gasteiger partial charge on any atom is -0.460 e. The molecule has 0 spiro atoms. The number of carbonyl (C=O) groups excluding carboxylic acids is 1. The van der Waals surface area contributed by atoms with Crippen molar-refractivity contribution >= 4 is 17.5 Å². The van der Waals surface area contributed by atoms with Crippen molar-refractivity contribution in [1.29, 1.82) is 0 Å². The van der Waals surface area contributed by atoms with Gasteiger partial charge in [-0.2, -0.15) is 5.10 Å². The maximum absolute atomic E-state index is 12.5. The van der Waals surface area contributed by atoms with Crippen LogP contribution in [-0.4, -0.2) is 28.1 Å². The van der Waals surface area contributed by atoms with Crippen molar-refractivity contribution < 1.29 is 9.21 Å². The Hall–Kier alpha value is -2.53. The number of aromatic amines is 1. The fourth-order valence-electron chi connectivity index (χ4n) is 2.31. The molecule has 0 atom stereocenters. The summed E-state index contributed by atoms with van der Waals surface area (Å²) in [5.74, 6) is 1.29. The van der Waals surface area contributed by atoms with Crippen LogP contribution in [0, 0.1) is 6.92 Å². The van der Waals surface area contributed by atoms with Crippen molar-refractivity contribution in [3.8, 4) is 11.5 Å². The Morgan fingerprint density at radius 3 is 2.83 bits per heavy atom. The highest BCUT2D eigenvalue weighted by Gasteiger charge is 2.17. The van der Waals surface area contributed by atoms with Crippen LogP contribution in [0.25, 0.3) is 11.5 Å². The van der Waals surface area contributed by atoms with Crippen molar-refractivity contribution in [2.45, 2.75) is 13.5 Å². The summed E-state index contributed by atoms with van der Waals surface area (Å²) < 4.78 is 5.52. The second-order valence-electron chi connectivity index (χ2n) is 5.37.